The maximum absolute atomic E-state index is 10.7. The summed E-state index contributed by atoms with van der Waals surface area (Å²) in [6.07, 6.45) is 0. The van der Waals surface area contributed by atoms with E-state index >= 15 is 0 Å². The normalized spacial score (nSPS) is 9.11. The highest BCUT2D eigenvalue weighted by Gasteiger charge is 2.02. The maximum atomic E-state index is 10.7. The van der Waals surface area contributed by atoms with Crippen LogP contribution in [-0.4, -0.2) is 17.9 Å². The first kappa shape index (κ1) is 14.4. The quantitative estimate of drug-likeness (QED) is 0.885. The number of hydrogen-bond donors (Lipinski definition) is 2. The highest BCUT2D eigenvalue weighted by molar-refractivity contribution is 5.88. The molecule has 0 saturated carbocycles. The molecule has 0 fully saturated rings. The van der Waals surface area contributed by atoms with E-state index in [1.807, 2.05) is 38.0 Å². The zero-order valence-corrected chi connectivity index (χ0v) is 10.6. The number of nitrogens with one attached hydrogen (secondary N) is 1. The summed E-state index contributed by atoms with van der Waals surface area (Å²) in [6, 6.07) is 14.6. The average Bonchev–Trinajstić information content (AvgIpc) is 2.44. The second-order valence-electron chi connectivity index (χ2n) is 3.82. The molecular formula is C15H15NO3. The van der Waals surface area contributed by atoms with Crippen LogP contribution in [-0.2, 0) is 4.79 Å². The summed E-state index contributed by atoms with van der Waals surface area (Å²) in [6.45, 7) is 4.02. The second-order valence-corrected chi connectivity index (χ2v) is 3.82. The number of carbonyl (C=O) groups is 2. The molecule has 0 aliphatic carbocycles. The van der Waals surface area contributed by atoms with Crippen LogP contribution in [0.15, 0.2) is 48.5 Å². The van der Waals surface area contributed by atoms with Gasteiger partial charge in [0.25, 0.3) is 0 Å². The van der Waals surface area contributed by atoms with E-state index in [-0.39, 0.29) is 0 Å². The molecule has 0 spiro atoms. The number of carboxylic acid groups (broad SMARTS) is 1. The third-order valence-electron chi connectivity index (χ3n) is 2.56. The number of hydrogen-bond acceptors (Lipinski definition) is 3. The largest absolute Gasteiger partial charge is 0.478 e. The lowest BCUT2D eigenvalue weighted by atomic mass is 10.1. The molecule has 0 atom stereocenters. The van der Waals surface area contributed by atoms with Gasteiger partial charge in [0, 0.05) is 11.4 Å². The van der Waals surface area contributed by atoms with Crippen LogP contribution < -0.4 is 5.32 Å². The number of aryl methyl sites for hydroxylation is 1. The number of carboxylic acids is 1. The Balaban J connectivity index is 0.000000861. The van der Waals surface area contributed by atoms with E-state index in [0.717, 1.165) is 16.9 Å². The zero-order valence-electron chi connectivity index (χ0n) is 10.6. The Hall–Kier alpha value is -2.62. The standard InChI is InChI=1S/C14H13NO2.CH2O/c1-10-4-2-3-5-13(10)15-12-8-6-11(7-9-12)14(16)17;1-2/h2-9,15H,1H3,(H,16,17);1H2. The molecule has 0 saturated heterocycles. The predicted molar refractivity (Wildman–Crippen MR) is 75.0 cm³/mol. The summed E-state index contributed by atoms with van der Waals surface area (Å²) >= 11 is 0. The SMILES string of the molecule is C=O.Cc1ccccc1Nc1ccc(C(=O)O)cc1. The Labute approximate surface area is 111 Å². The fourth-order valence-electron chi connectivity index (χ4n) is 1.56. The van der Waals surface area contributed by atoms with Crippen molar-refractivity contribution in [2.24, 2.45) is 0 Å². The number of anilines is 2. The highest BCUT2D eigenvalue weighted by Crippen LogP contribution is 2.20. The molecule has 0 amide bonds. The minimum Gasteiger partial charge on any atom is -0.478 e. The van der Waals surface area contributed by atoms with Crippen LogP contribution in [0, 0.1) is 6.92 Å². The Kier molecular flexibility index (Phi) is 5.29. The summed E-state index contributed by atoms with van der Waals surface area (Å²) in [5.41, 5.74) is 3.34. The number of carbonyl (C=O) groups excluding carboxylic acids is 1. The summed E-state index contributed by atoms with van der Waals surface area (Å²) in [7, 11) is 0. The van der Waals surface area contributed by atoms with Crippen molar-refractivity contribution >= 4 is 24.1 Å². The Bertz CT molecular complexity index is 550. The van der Waals surface area contributed by atoms with Gasteiger partial charge in [-0.05, 0) is 42.8 Å². The Morgan fingerprint density at radius 1 is 1.05 bits per heavy atom. The molecule has 0 heterocycles. The van der Waals surface area contributed by atoms with E-state index in [9.17, 15) is 4.79 Å². The average molecular weight is 257 g/mol. The lowest BCUT2D eigenvalue weighted by Crippen LogP contribution is -1.97. The molecule has 2 aromatic rings. The summed E-state index contributed by atoms with van der Waals surface area (Å²) < 4.78 is 0. The fraction of sp³-hybridized carbons (Fsp3) is 0.0667. The molecule has 0 unspecified atom stereocenters. The summed E-state index contributed by atoms with van der Waals surface area (Å²) in [5.74, 6) is -0.910. The van der Waals surface area contributed by atoms with E-state index in [2.05, 4.69) is 5.32 Å². The van der Waals surface area contributed by atoms with Crippen molar-refractivity contribution in [3.05, 3.63) is 59.7 Å². The van der Waals surface area contributed by atoms with Gasteiger partial charge in [0.1, 0.15) is 6.79 Å². The predicted octanol–water partition coefficient (Wildman–Crippen LogP) is 3.25. The van der Waals surface area contributed by atoms with Crippen molar-refractivity contribution in [3.8, 4) is 0 Å². The third-order valence-corrected chi connectivity index (χ3v) is 2.56. The lowest BCUT2D eigenvalue weighted by molar-refractivity contribution is -0.0980. The zero-order chi connectivity index (χ0) is 14.3. The number of para-hydroxylation sites is 1. The van der Waals surface area contributed by atoms with Gasteiger partial charge < -0.3 is 15.2 Å². The molecule has 0 radical (unpaired) electrons. The first-order valence-corrected chi connectivity index (χ1v) is 5.62. The molecule has 2 rings (SSSR count). The van der Waals surface area contributed by atoms with E-state index in [4.69, 9.17) is 9.90 Å². The van der Waals surface area contributed by atoms with Gasteiger partial charge in [-0.25, -0.2) is 4.79 Å². The van der Waals surface area contributed by atoms with E-state index in [1.54, 1.807) is 24.3 Å². The number of aromatic carboxylic acids is 1. The van der Waals surface area contributed by atoms with Crippen LogP contribution in [0.2, 0.25) is 0 Å². The van der Waals surface area contributed by atoms with Crippen LogP contribution >= 0.6 is 0 Å². The van der Waals surface area contributed by atoms with Crippen LogP contribution in [0.25, 0.3) is 0 Å². The molecule has 19 heavy (non-hydrogen) atoms. The fourth-order valence-corrected chi connectivity index (χ4v) is 1.56. The molecule has 2 N–H and O–H groups in total. The van der Waals surface area contributed by atoms with Crippen LogP contribution in [0.5, 0.6) is 0 Å². The third kappa shape index (κ3) is 3.96. The van der Waals surface area contributed by atoms with E-state index < -0.39 is 5.97 Å². The van der Waals surface area contributed by atoms with Gasteiger partial charge in [0.05, 0.1) is 5.56 Å². The summed E-state index contributed by atoms with van der Waals surface area (Å²) in [5, 5.41) is 12.0. The maximum Gasteiger partial charge on any atom is 0.335 e. The molecule has 4 heteroatoms. The van der Waals surface area contributed by atoms with Crippen molar-refractivity contribution in [1.29, 1.82) is 0 Å². The van der Waals surface area contributed by atoms with Gasteiger partial charge in [-0.2, -0.15) is 0 Å². The molecule has 0 aliphatic rings. The summed E-state index contributed by atoms with van der Waals surface area (Å²) in [4.78, 5) is 18.7. The van der Waals surface area contributed by atoms with Gasteiger partial charge in [-0.1, -0.05) is 18.2 Å². The monoisotopic (exact) mass is 257 g/mol. The topological polar surface area (TPSA) is 66.4 Å². The van der Waals surface area contributed by atoms with Gasteiger partial charge in [-0.3, -0.25) is 0 Å². The van der Waals surface area contributed by atoms with E-state index in [1.165, 1.54) is 0 Å². The smallest absolute Gasteiger partial charge is 0.335 e. The van der Waals surface area contributed by atoms with Gasteiger partial charge >= 0.3 is 5.97 Å². The van der Waals surface area contributed by atoms with Gasteiger partial charge in [0.15, 0.2) is 0 Å². The van der Waals surface area contributed by atoms with Gasteiger partial charge in [-0.15, -0.1) is 0 Å². The second kappa shape index (κ2) is 6.96. The van der Waals surface area contributed by atoms with Crippen molar-refractivity contribution in [1.82, 2.24) is 0 Å². The minimum atomic E-state index is -0.910. The number of benzene rings is 2. The first-order chi connectivity index (χ1) is 9.16. The van der Waals surface area contributed by atoms with Crippen molar-refractivity contribution in [3.63, 3.8) is 0 Å². The van der Waals surface area contributed by atoms with Gasteiger partial charge in [0.2, 0.25) is 0 Å². The molecule has 4 nitrogen and oxygen atoms in total. The van der Waals surface area contributed by atoms with Crippen LogP contribution in [0.1, 0.15) is 15.9 Å². The van der Waals surface area contributed by atoms with Crippen LogP contribution in [0.4, 0.5) is 11.4 Å². The highest BCUT2D eigenvalue weighted by atomic mass is 16.4. The lowest BCUT2D eigenvalue weighted by Gasteiger charge is -2.09. The van der Waals surface area contributed by atoms with Crippen molar-refractivity contribution < 1.29 is 14.7 Å². The molecule has 2 aromatic carbocycles. The minimum absolute atomic E-state index is 0.292. The Morgan fingerprint density at radius 2 is 1.63 bits per heavy atom. The Morgan fingerprint density at radius 3 is 2.16 bits per heavy atom. The van der Waals surface area contributed by atoms with Crippen molar-refractivity contribution in [2.75, 3.05) is 5.32 Å². The molecule has 98 valence electrons. The molecule has 0 aliphatic heterocycles. The molecule has 0 aromatic heterocycles. The van der Waals surface area contributed by atoms with Crippen LogP contribution in [0.3, 0.4) is 0 Å². The van der Waals surface area contributed by atoms with E-state index in [0.29, 0.717) is 5.56 Å². The molecular weight excluding hydrogens is 242 g/mol. The first-order valence-electron chi connectivity index (χ1n) is 5.62. The van der Waals surface area contributed by atoms with Crippen molar-refractivity contribution in [2.45, 2.75) is 6.92 Å². The number of rotatable bonds is 3. The molecule has 0 bridgehead atoms.